The number of phenolic OH excluding ortho intramolecular Hbond substituents is 1. The highest BCUT2D eigenvalue weighted by atomic mass is 35.5. The summed E-state index contributed by atoms with van der Waals surface area (Å²) in [4.78, 5) is 7.54. The average molecular weight is 340 g/mol. The number of H-pyrrole nitrogens is 1. The van der Waals surface area contributed by atoms with Crippen molar-refractivity contribution >= 4 is 34.3 Å². The van der Waals surface area contributed by atoms with E-state index in [0.29, 0.717) is 23.6 Å². The lowest BCUT2D eigenvalue weighted by molar-refractivity contribution is 0.318. The number of hydrogen-bond acceptors (Lipinski definition) is 4. The van der Waals surface area contributed by atoms with Gasteiger partial charge in [-0.2, -0.15) is 5.26 Å². The third-order valence-corrected chi connectivity index (χ3v) is 3.71. The molecule has 0 amide bonds. The number of phenols is 1. The summed E-state index contributed by atoms with van der Waals surface area (Å²) in [6.07, 6.45) is 1.64. The molecule has 2 N–H and O–H groups in total. The minimum atomic E-state index is -0.113. The number of hydrogen-bond donors (Lipinski definition) is 2. The van der Waals surface area contributed by atoms with Gasteiger partial charge < -0.3 is 14.8 Å². The van der Waals surface area contributed by atoms with Crippen molar-refractivity contribution in [2.75, 3.05) is 6.61 Å². The van der Waals surface area contributed by atoms with Crippen LogP contribution in [0.25, 0.3) is 22.7 Å². The Balaban J connectivity index is 2.06. The maximum absolute atomic E-state index is 9.90. The van der Waals surface area contributed by atoms with E-state index in [0.717, 1.165) is 11.0 Å². The molecule has 3 rings (SSSR count). The Labute approximate surface area is 143 Å². The SMILES string of the molecule is CCOc1cc(/C=C(\C#N)c2nc3ccccc3[nH]2)cc(Cl)c1O. The van der Waals surface area contributed by atoms with E-state index in [1.165, 1.54) is 0 Å². The number of aromatic amines is 1. The zero-order valence-corrected chi connectivity index (χ0v) is 13.6. The van der Waals surface area contributed by atoms with Crippen molar-refractivity contribution in [3.8, 4) is 17.6 Å². The molecule has 0 saturated carbocycles. The van der Waals surface area contributed by atoms with Crippen molar-refractivity contribution in [2.24, 2.45) is 0 Å². The maximum Gasteiger partial charge on any atom is 0.176 e. The largest absolute Gasteiger partial charge is 0.503 e. The Bertz CT molecular complexity index is 937. The van der Waals surface area contributed by atoms with Gasteiger partial charge in [-0.3, -0.25) is 0 Å². The second-order valence-corrected chi connectivity index (χ2v) is 5.46. The fourth-order valence-electron chi connectivity index (χ4n) is 2.34. The molecular weight excluding hydrogens is 326 g/mol. The lowest BCUT2D eigenvalue weighted by Gasteiger charge is -2.08. The summed E-state index contributed by atoms with van der Waals surface area (Å²) in [5.41, 5.74) is 2.63. The summed E-state index contributed by atoms with van der Waals surface area (Å²) in [5.74, 6) is 0.636. The predicted octanol–water partition coefficient (Wildman–Crippen LogP) is 4.38. The molecule has 0 atom stereocenters. The topological polar surface area (TPSA) is 81.9 Å². The monoisotopic (exact) mass is 339 g/mol. The third-order valence-electron chi connectivity index (χ3n) is 3.43. The number of ether oxygens (including phenoxy) is 1. The molecule has 0 aliphatic rings. The number of imidazole rings is 1. The second kappa shape index (κ2) is 6.65. The maximum atomic E-state index is 9.90. The van der Waals surface area contributed by atoms with E-state index in [1.807, 2.05) is 31.2 Å². The quantitative estimate of drug-likeness (QED) is 0.691. The minimum absolute atomic E-state index is 0.113. The lowest BCUT2D eigenvalue weighted by atomic mass is 10.1. The average Bonchev–Trinajstić information content (AvgIpc) is 3.01. The molecule has 0 saturated heterocycles. The zero-order chi connectivity index (χ0) is 17.1. The highest BCUT2D eigenvalue weighted by Gasteiger charge is 2.11. The van der Waals surface area contributed by atoms with Gasteiger partial charge in [0.25, 0.3) is 0 Å². The molecule has 6 heteroatoms. The first-order chi connectivity index (χ1) is 11.6. The van der Waals surface area contributed by atoms with Crippen LogP contribution in [0.3, 0.4) is 0 Å². The number of halogens is 1. The number of benzene rings is 2. The van der Waals surface area contributed by atoms with Crippen LogP contribution < -0.4 is 4.74 Å². The second-order valence-electron chi connectivity index (χ2n) is 5.05. The Morgan fingerprint density at radius 2 is 2.21 bits per heavy atom. The number of nitriles is 1. The van der Waals surface area contributed by atoms with Gasteiger partial charge in [-0.25, -0.2) is 4.98 Å². The molecule has 3 aromatic rings. The molecule has 0 fully saturated rings. The number of nitrogens with one attached hydrogen (secondary N) is 1. The van der Waals surface area contributed by atoms with E-state index in [-0.39, 0.29) is 16.5 Å². The van der Waals surface area contributed by atoms with Crippen LogP contribution in [0.4, 0.5) is 0 Å². The molecule has 0 spiro atoms. The standard InChI is InChI=1S/C18H14ClN3O2/c1-2-24-16-9-11(8-13(19)17(16)23)7-12(10-20)18-21-14-5-3-4-6-15(14)22-18/h3-9,23H,2H2,1H3,(H,21,22)/b12-7+. The van der Waals surface area contributed by atoms with E-state index in [2.05, 4.69) is 16.0 Å². The molecule has 1 aromatic heterocycles. The highest BCUT2D eigenvalue weighted by molar-refractivity contribution is 6.32. The molecule has 2 aromatic carbocycles. The number of para-hydroxylation sites is 2. The molecule has 0 unspecified atom stereocenters. The van der Waals surface area contributed by atoms with E-state index < -0.39 is 0 Å². The smallest absolute Gasteiger partial charge is 0.176 e. The van der Waals surface area contributed by atoms with Gasteiger partial charge in [-0.1, -0.05) is 23.7 Å². The Morgan fingerprint density at radius 3 is 2.92 bits per heavy atom. The Morgan fingerprint density at radius 1 is 1.42 bits per heavy atom. The summed E-state index contributed by atoms with van der Waals surface area (Å²) in [6, 6.07) is 12.9. The van der Waals surface area contributed by atoms with Gasteiger partial charge in [0, 0.05) is 0 Å². The molecule has 24 heavy (non-hydrogen) atoms. The fourth-order valence-corrected chi connectivity index (χ4v) is 2.56. The van der Waals surface area contributed by atoms with Gasteiger partial charge in [0.15, 0.2) is 11.5 Å². The molecule has 5 nitrogen and oxygen atoms in total. The van der Waals surface area contributed by atoms with Crippen molar-refractivity contribution in [3.05, 3.63) is 52.8 Å². The lowest BCUT2D eigenvalue weighted by Crippen LogP contribution is -1.93. The van der Waals surface area contributed by atoms with Crippen LogP contribution in [-0.4, -0.2) is 21.7 Å². The number of allylic oxidation sites excluding steroid dienone is 1. The van der Waals surface area contributed by atoms with Gasteiger partial charge >= 0.3 is 0 Å². The number of nitrogens with zero attached hydrogens (tertiary/aromatic N) is 2. The predicted molar refractivity (Wildman–Crippen MR) is 93.9 cm³/mol. The highest BCUT2D eigenvalue weighted by Crippen LogP contribution is 2.36. The van der Waals surface area contributed by atoms with Gasteiger partial charge in [-0.15, -0.1) is 0 Å². The van der Waals surface area contributed by atoms with Gasteiger partial charge in [-0.05, 0) is 42.8 Å². The summed E-state index contributed by atoms with van der Waals surface area (Å²) >= 11 is 6.03. The van der Waals surface area contributed by atoms with Crippen molar-refractivity contribution < 1.29 is 9.84 Å². The fraction of sp³-hybridized carbons (Fsp3) is 0.111. The summed E-state index contributed by atoms with van der Waals surface area (Å²) < 4.78 is 5.36. The molecule has 0 radical (unpaired) electrons. The summed E-state index contributed by atoms with van der Waals surface area (Å²) in [7, 11) is 0. The van der Waals surface area contributed by atoms with Gasteiger partial charge in [0.05, 0.1) is 28.2 Å². The first-order valence-electron chi connectivity index (χ1n) is 7.34. The van der Waals surface area contributed by atoms with Crippen molar-refractivity contribution in [1.29, 1.82) is 5.26 Å². The first kappa shape index (κ1) is 15.9. The molecule has 0 aliphatic carbocycles. The van der Waals surface area contributed by atoms with E-state index in [1.54, 1.807) is 18.2 Å². The van der Waals surface area contributed by atoms with Crippen LogP contribution in [0, 0.1) is 11.3 Å². The van der Waals surface area contributed by atoms with E-state index in [9.17, 15) is 10.4 Å². The van der Waals surface area contributed by atoms with Crippen molar-refractivity contribution in [2.45, 2.75) is 6.92 Å². The minimum Gasteiger partial charge on any atom is -0.503 e. The Hall–Kier alpha value is -2.97. The van der Waals surface area contributed by atoms with Crippen LogP contribution in [0.1, 0.15) is 18.3 Å². The van der Waals surface area contributed by atoms with Crippen molar-refractivity contribution in [3.63, 3.8) is 0 Å². The van der Waals surface area contributed by atoms with Gasteiger partial charge in [0.2, 0.25) is 0 Å². The molecule has 1 heterocycles. The van der Waals surface area contributed by atoms with Crippen LogP contribution in [0.15, 0.2) is 36.4 Å². The van der Waals surface area contributed by atoms with Crippen LogP contribution in [0.5, 0.6) is 11.5 Å². The first-order valence-corrected chi connectivity index (χ1v) is 7.72. The molecule has 120 valence electrons. The number of rotatable bonds is 4. The molecule has 0 aliphatic heterocycles. The summed E-state index contributed by atoms with van der Waals surface area (Å²) in [6.45, 7) is 2.21. The Kier molecular flexibility index (Phi) is 4.41. The third kappa shape index (κ3) is 3.05. The number of aromatic nitrogens is 2. The number of fused-ring (bicyclic) bond motifs is 1. The van der Waals surface area contributed by atoms with Gasteiger partial charge in [0.1, 0.15) is 11.9 Å². The van der Waals surface area contributed by atoms with Crippen LogP contribution in [0.2, 0.25) is 5.02 Å². The van der Waals surface area contributed by atoms with Crippen molar-refractivity contribution in [1.82, 2.24) is 9.97 Å². The normalized spacial score (nSPS) is 11.5. The molecule has 0 bridgehead atoms. The van der Waals surface area contributed by atoms with E-state index in [4.69, 9.17) is 16.3 Å². The summed E-state index contributed by atoms with van der Waals surface area (Å²) in [5, 5.41) is 19.5. The van der Waals surface area contributed by atoms with E-state index >= 15 is 0 Å². The van der Waals surface area contributed by atoms with Crippen LogP contribution >= 0.6 is 11.6 Å². The molecular formula is C18H14ClN3O2. The zero-order valence-electron chi connectivity index (χ0n) is 12.9. The number of aromatic hydroxyl groups is 1. The van der Waals surface area contributed by atoms with Crippen LogP contribution in [-0.2, 0) is 0 Å².